The summed E-state index contributed by atoms with van der Waals surface area (Å²) in [5, 5.41) is 20.2. The average molecular weight is 412 g/mol. The summed E-state index contributed by atoms with van der Waals surface area (Å²) < 4.78 is 35.1. The second-order valence-electron chi connectivity index (χ2n) is 6.53. The Kier molecular flexibility index (Phi) is 6.14. The van der Waals surface area contributed by atoms with Crippen LogP contribution in [0.15, 0.2) is 15.8 Å². The molecule has 0 saturated carbocycles. The molecular formula is C13H22N2O9P2. The van der Waals surface area contributed by atoms with E-state index in [1.165, 1.54) is 19.8 Å². The molecule has 4 unspecified atom stereocenters. The highest BCUT2D eigenvalue weighted by molar-refractivity contribution is 7.74. The quantitative estimate of drug-likeness (QED) is 0.439. The van der Waals surface area contributed by atoms with Crippen LogP contribution in [-0.2, 0) is 18.4 Å². The van der Waals surface area contributed by atoms with Gasteiger partial charge in [-0.15, -0.1) is 0 Å². The molecule has 26 heavy (non-hydrogen) atoms. The number of aromatic amines is 1. The zero-order chi connectivity index (χ0) is 19.9. The van der Waals surface area contributed by atoms with Gasteiger partial charge in [-0.05, 0) is 6.92 Å². The van der Waals surface area contributed by atoms with E-state index in [0.29, 0.717) is 0 Å². The molecule has 6 atom stereocenters. The van der Waals surface area contributed by atoms with E-state index < -0.39 is 63.0 Å². The Morgan fingerprint density at radius 1 is 1.27 bits per heavy atom. The fourth-order valence-corrected chi connectivity index (χ4v) is 7.22. The Balaban J connectivity index is 2.14. The fraction of sp³-hybridized carbons (Fsp3) is 0.692. The first-order chi connectivity index (χ1) is 11.8. The third-order valence-corrected chi connectivity index (χ3v) is 8.64. The molecule has 0 aliphatic carbocycles. The van der Waals surface area contributed by atoms with Gasteiger partial charge in [0.2, 0.25) is 14.7 Å². The first kappa shape index (κ1) is 21.2. The zero-order valence-corrected chi connectivity index (χ0v) is 16.2. The summed E-state index contributed by atoms with van der Waals surface area (Å²) in [5.41, 5.74) is -1.21. The number of aliphatic hydroxyl groups excluding tert-OH is 2. The molecule has 4 N–H and O–H groups in total. The van der Waals surface area contributed by atoms with Crippen molar-refractivity contribution in [1.29, 1.82) is 0 Å². The van der Waals surface area contributed by atoms with Crippen molar-refractivity contribution < 1.29 is 33.5 Å². The minimum Gasteiger partial charge on any atom is -0.387 e. The third-order valence-electron chi connectivity index (χ3n) is 3.79. The molecule has 1 aliphatic heterocycles. The van der Waals surface area contributed by atoms with Gasteiger partial charge in [0.05, 0.1) is 6.61 Å². The SMILES string of the molecule is Cc1cn([C@@H]2O[C@H](COP(C)(=O)CP(C)(=O)O)C(O)C2O)c(=O)[nH]c1=O. The van der Waals surface area contributed by atoms with Crippen LogP contribution in [0.2, 0.25) is 0 Å². The number of hydrogen-bond donors (Lipinski definition) is 4. The first-order valence-corrected chi connectivity index (χ1v) is 12.2. The molecule has 0 aromatic carbocycles. The molecule has 1 fully saturated rings. The molecule has 1 saturated heterocycles. The van der Waals surface area contributed by atoms with Gasteiger partial charge in [0, 0.05) is 25.1 Å². The van der Waals surface area contributed by atoms with Gasteiger partial charge < -0.3 is 24.4 Å². The summed E-state index contributed by atoms with van der Waals surface area (Å²) in [5.74, 6) is -0.534. The van der Waals surface area contributed by atoms with Crippen molar-refractivity contribution in [2.24, 2.45) is 0 Å². The van der Waals surface area contributed by atoms with Gasteiger partial charge in [0.15, 0.2) is 6.23 Å². The number of nitrogens with one attached hydrogen (secondary N) is 1. The van der Waals surface area contributed by atoms with Crippen molar-refractivity contribution in [2.75, 3.05) is 25.8 Å². The summed E-state index contributed by atoms with van der Waals surface area (Å²) in [6.07, 6.45) is -4.18. The van der Waals surface area contributed by atoms with Crippen molar-refractivity contribution in [3.8, 4) is 0 Å². The topological polar surface area (TPSA) is 168 Å². The Hall–Kier alpha value is -1.06. The molecule has 11 nitrogen and oxygen atoms in total. The minimum atomic E-state index is -3.57. The largest absolute Gasteiger partial charge is 0.387 e. The molecule has 0 amide bonds. The molecule has 2 heterocycles. The highest BCUT2D eigenvalue weighted by Gasteiger charge is 2.45. The van der Waals surface area contributed by atoms with Crippen LogP contribution in [0, 0.1) is 6.92 Å². The monoisotopic (exact) mass is 412 g/mol. The summed E-state index contributed by atoms with van der Waals surface area (Å²) >= 11 is 0. The van der Waals surface area contributed by atoms with Gasteiger partial charge in [0.25, 0.3) is 5.56 Å². The van der Waals surface area contributed by atoms with Crippen molar-refractivity contribution >= 4 is 14.7 Å². The maximum Gasteiger partial charge on any atom is 0.330 e. The highest BCUT2D eigenvalue weighted by atomic mass is 31.2. The molecule has 0 bridgehead atoms. The molecule has 148 valence electrons. The summed E-state index contributed by atoms with van der Waals surface area (Å²) in [6, 6.07) is 0. The van der Waals surface area contributed by atoms with Gasteiger partial charge in [-0.3, -0.25) is 23.5 Å². The van der Waals surface area contributed by atoms with E-state index in [0.717, 1.165) is 11.2 Å². The van der Waals surface area contributed by atoms with Crippen molar-refractivity contribution in [1.82, 2.24) is 9.55 Å². The minimum absolute atomic E-state index is 0.203. The van der Waals surface area contributed by atoms with Crippen LogP contribution in [0.5, 0.6) is 0 Å². The van der Waals surface area contributed by atoms with Crippen LogP contribution in [0.25, 0.3) is 0 Å². The lowest BCUT2D eigenvalue weighted by Crippen LogP contribution is -2.38. The number of H-pyrrole nitrogens is 1. The third kappa shape index (κ3) is 5.01. The van der Waals surface area contributed by atoms with E-state index in [1.807, 2.05) is 0 Å². The highest BCUT2D eigenvalue weighted by Crippen LogP contribution is 2.56. The molecule has 2 rings (SSSR count). The van der Waals surface area contributed by atoms with E-state index in [9.17, 15) is 33.8 Å². The number of rotatable bonds is 6. The predicted octanol–water partition coefficient (Wildman–Crippen LogP) is -0.754. The Bertz CT molecular complexity index is 873. The van der Waals surface area contributed by atoms with Crippen LogP contribution >= 0.6 is 14.7 Å². The molecule has 13 heteroatoms. The zero-order valence-electron chi connectivity index (χ0n) is 14.4. The maximum absolute atomic E-state index is 12.2. The van der Waals surface area contributed by atoms with Gasteiger partial charge in [-0.25, -0.2) is 4.79 Å². The Labute approximate surface area is 148 Å². The maximum atomic E-state index is 12.2. The number of aryl methyl sites for hydroxylation is 1. The lowest BCUT2D eigenvalue weighted by Gasteiger charge is -2.20. The lowest BCUT2D eigenvalue weighted by molar-refractivity contribution is -0.0512. The molecule has 0 radical (unpaired) electrons. The standard InChI is InChI=1S/C13H22N2O9P2/c1-7-4-15(13(19)14-11(7)18)12-10(17)9(16)8(24-12)5-23-26(3,22)6-25(2,20)21/h4,8-10,12,16-17H,5-6H2,1-3H3,(H,20,21)(H,14,18,19)/t8-,9?,10?,12-,26?/m1/s1. The molecular weight excluding hydrogens is 390 g/mol. The number of aromatic nitrogens is 2. The van der Waals surface area contributed by atoms with Gasteiger partial charge in [-0.1, -0.05) is 0 Å². The molecule has 1 aliphatic rings. The van der Waals surface area contributed by atoms with Crippen molar-refractivity contribution in [3.63, 3.8) is 0 Å². The van der Waals surface area contributed by atoms with E-state index >= 15 is 0 Å². The normalized spacial score (nSPS) is 30.7. The van der Waals surface area contributed by atoms with Gasteiger partial charge in [0.1, 0.15) is 24.2 Å². The fourth-order valence-electron chi connectivity index (χ4n) is 2.62. The molecule has 1 aromatic rings. The average Bonchev–Trinajstić information content (AvgIpc) is 2.75. The van der Waals surface area contributed by atoms with Gasteiger partial charge >= 0.3 is 5.69 Å². The first-order valence-electron chi connectivity index (χ1n) is 7.65. The lowest BCUT2D eigenvalue weighted by atomic mass is 10.1. The Morgan fingerprint density at radius 3 is 2.46 bits per heavy atom. The smallest absolute Gasteiger partial charge is 0.330 e. The second-order valence-corrected chi connectivity index (χ2v) is 12.0. The van der Waals surface area contributed by atoms with Crippen molar-refractivity contribution in [2.45, 2.75) is 31.5 Å². The number of aliphatic hydroxyl groups is 2. The second kappa shape index (κ2) is 7.52. The van der Waals surface area contributed by atoms with Crippen LogP contribution in [-0.4, -0.2) is 68.8 Å². The predicted molar refractivity (Wildman–Crippen MR) is 92.1 cm³/mol. The van der Waals surface area contributed by atoms with Crippen molar-refractivity contribution in [3.05, 3.63) is 32.6 Å². The van der Waals surface area contributed by atoms with E-state index in [-0.39, 0.29) is 5.56 Å². The number of ether oxygens (including phenoxy) is 1. The van der Waals surface area contributed by atoms with Crippen LogP contribution < -0.4 is 11.2 Å². The molecule has 1 aromatic heterocycles. The van der Waals surface area contributed by atoms with Crippen LogP contribution in [0.1, 0.15) is 11.8 Å². The Morgan fingerprint density at radius 2 is 1.88 bits per heavy atom. The van der Waals surface area contributed by atoms with Gasteiger partial charge in [-0.2, -0.15) is 0 Å². The van der Waals surface area contributed by atoms with Crippen LogP contribution in [0.3, 0.4) is 0 Å². The van der Waals surface area contributed by atoms with Crippen LogP contribution in [0.4, 0.5) is 0 Å². The summed E-state index contributed by atoms with van der Waals surface area (Å²) in [4.78, 5) is 34.7. The van der Waals surface area contributed by atoms with E-state index in [4.69, 9.17) is 9.26 Å². The van der Waals surface area contributed by atoms with E-state index in [1.54, 1.807) is 0 Å². The van der Waals surface area contributed by atoms with E-state index in [2.05, 4.69) is 4.98 Å². The summed E-state index contributed by atoms with van der Waals surface area (Å²) in [6.45, 7) is 3.28. The number of nitrogens with zero attached hydrogens (tertiary/aromatic N) is 1. The summed E-state index contributed by atoms with van der Waals surface area (Å²) in [7, 11) is -7.00. The number of hydrogen-bond acceptors (Lipinski definition) is 8. The molecule has 0 spiro atoms.